The fourth-order valence-corrected chi connectivity index (χ4v) is 6.19. The summed E-state index contributed by atoms with van der Waals surface area (Å²) >= 11 is 3.63. The van der Waals surface area contributed by atoms with Gasteiger partial charge in [0.05, 0.1) is 15.6 Å². The molecule has 0 radical (unpaired) electrons. The molecule has 164 valence electrons. The van der Waals surface area contributed by atoms with Crippen LogP contribution in [0.25, 0.3) is 6.08 Å². The zero-order valence-electron chi connectivity index (χ0n) is 17.7. The highest BCUT2D eigenvalue weighted by Gasteiger charge is 2.42. The van der Waals surface area contributed by atoms with Crippen LogP contribution in [0.5, 0.6) is 11.5 Å². The number of anilines is 1. The van der Waals surface area contributed by atoms with Gasteiger partial charge in [-0.05, 0) is 77.3 Å². The van der Waals surface area contributed by atoms with Crippen LogP contribution in [0.15, 0.2) is 47.4 Å². The van der Waals surface area contributed by atoms with Gasteiger partial charge < -0.3 is 20.1 Å². The number of carbonyl (C=O) groups is 1. The van der Waals surface area contributed by atoms with Crippen molar-refractivity contribution in [2.45, 2.75) is 44.1 Å². The van der Waals surface area contributed by atoms with E-state index in [0.29, 0.717) is 20.1 Å². The molecule has 7 heteroatoms. The number of thioether (sulfide) groups is 1. The second-order valence-corrected chi connectivity index (χ2v) is 10.4. The van der Waals surface area contributed by atoms with Crippen molar-refractivity contribution in [2.75, 3.05) is 12.4 Å². The first-order valence-corrected chi connectivity index (χ1v) is 12.5. The van der Waals surface area contributed by atoms with Gasteiger partial charge >= 0.3 is 0 Å². The molecule has 2 N–H and O–H groups in total. The molecule has 1 saturated carbocycles. The van der Waals surface area contributed by atoms with Crippen molar-refractivity contribution in [3.8, 4) is 11.5 Å². The van der Waals surface area contributed by atoms with E-state index < -0.39 is 0 Å². The van der Waals surface area contributed by atoms with Gasteiger partial charge in [0.15, 0.2) is 17.0 Å². The average Bonchev–Trinajstić information content (AvgIpc) is 3.06. The van der Waals surface area contributed by atoms with Crippen LogP contribution < -0.4 is 10.1 Å². The molecular weight excluding hydrogens is 523 g/mol. The number of carbonyl (C=O) groups excluding carboxylic acids is 1. The smallest absolute Gasteiger partial charge is 0.262 e. The first-order chi connectivity index (χ1) is 15.0. The van der Waals surface area contributed by atoms with Gasteiger partial charge in [-0.25, -0.2) is 0 Å². The number of nitrogens with one attached hydrogen (secondary N) is 1. The van der Waals surface area contributed by atoms with Crippen LogP contribution in [0.2, 0.25) is 0 Å². The summed E-state index contributed by atoms with van der Waals surface area (Å²) in [5.41, 5.74) is 1.69. The maximum atomic E-state index is 13.6. The quantitative estimate of drug-likeness (QED) is 0.359. The van der Waals surface area contributed by atoms with E-state index in [1.54, 1.807) is 17.8 Å². The van der Waals surface area contributed by atoms with E-state index in [1.807, 2.05) is 42.5 Å². The maximum Gasteiger partial charge on any atom is 0.262 e. The second-order valence-electron chi connectivity index (χ2n) is 8.08. The Morgan fingerprint density at radius 2 is 1.97 bits per heavy atom. The van der Waals surface area contributed by atoms with Crippen LogP contribution >= 0.6 is 34.4 Å². The Morgan fingerprint density at radius 1 is 1.23 bits per heavy atom. The Kier molecular flexibility index (Phi) is 7.01. The summed E-state index contributed by atoms with van der Waals surface area (Å²) in [4.78, 5) is 16.3. The van der Waals surface area contributed by atoms with Crippen molar-refractivity contribution in [1.82, 2.24) is 4.90 Å². The topological polar surface area (TPSA) is 61.8 Å². The molecule has 3 atom stereocenters. The summed E-state index contributed by atoms with van der Waals surface area (Å²) in [6.45, 7) is 2.26. The van der Waals surface area contributed by atoms with Crippen LogP contribution in [-0.2, 0) is 4.79 Å². The van der Waals surface area contributed by atoms with E-state index in [1.165, 1.54) is 13.5 Å². The van der Waals surface area contributed by atoms with Crippen molar-refractivity contribution in [3.63, 3.8) is 0 Å². The number of hydrogen-bond acceptors (Lipinski definition) is 5. The van der Waals surface area contributed by atoms with Gasteiger partial charge in [-0.1, -0.05) is 49.7 Å². The predicted octanol–water partition coefficient (Wildman–Crippen LogP) is 5.90. The second kappa shape index (κ2) is 9.73. The monoisotopic (exact) mass is 550 g/mol. The molecule has 2 aromatic carbocycles. The molecule has 0 spiro atoms. The van der Waals surface area contributed by atoms with E-state index in [-0.39, 0.29) is 23.2 Å². The number of aromatic hydroxyl groups is 1. The van der Waals surface area contributed by atoms with Gasteiger partial charge in [-0.3, -0.25) is 4.79 Å². The van der Waals surface area contributed by atoms with Gasteiger partial charge in [0, 0.05) is 11.7 Å². The summed E-state index contributed by atoms with van der Waals surface area (Å²) in [6.07, 6.45) is 6.50. The number of rotatable bonds is 5. The Labute approximate surface area is 201 Å². The number of halogens is 1. The highest BCUT2D eigenvalue weighted by atomic mass is 127. The van der Waals surface area contributed by atoms with E-state index in [4.69, 9.17) is 4.74 Å². The van der Waals surface area contributed by atoms with Gasteiger partial charge in [0.1, 0.15) is 0 Å². The third kappa shape index (κ3) is 4.82. The van der Waals surface area contributed by atoms with E-state index in [9.17, 15) is 9.90 Å². The molecule has 31 heavy (non-hydrogen) atoms. The molecule has 5 nitrogen and oxygen atoms in total. The summed E-state index contributed by atoms with van der Waals surface area (Å²) in [5, 5.41) is 13.7. The molecule has 1 aliphatic carbocycles. The number of amides is 1. The summed E-state index contributed by atoms with van der Waals surface area (Å²) in [7, 11) is 1.53. The Bertz CT molecular complexity index is 982. The van der Waals surface area contributed by atoms with Crippen LogP contribution in [-0.4, -0.2) is 34.6 Å². The highest BCUT2D eigenvalue weighted by Crippen LogP contribution is 2.43. The van der Waals surface area contributed by atoms with Crippen LogP contribution in [0.3, 0.4) is 0 Å². The number of hydrogen-bond donors (Lipinski definition) is 2. The third-order valence-corrected chi connectivity index (χ3v) is 7.93. The third-order valence-electron chi connectivity index (χ3n) is 5.99. The average molecular weight is 550 g/mol. The molecule has 2 aromatic rings. The molecular formula is C24H27IN2O3S. The first kappa shape index (κ1) is 22.3. The standard InChI is InChI=1S/C24H27IN2O3S/c1-15-8-6-7-11-19(15)27-23(29)21(31-24(27)26-17-9-4-3-5-10-17)14-16-12-18(25)22(28)20(13-16)30-2/h3-5,9-10,12-15,19,24,26,28H,6-8,11H2,1-2H3/b21-14-/t15-,19+,24?/m0/s1. The largest absolute Gasteiger partial charge is 0.504 e. The zero-order valence-corrected chi connectivity index (χ0v) is 20.7. The zero-order chi connectivity index (χ0) is 22.0. The number of phenols is 1. The fraction of sp³-hybridized carbons (Fsp3) is 0.375. The number of para-hydroxylation sites is 1. The van der Waals surface area contributed by atoms with E-state index in [0.717, 1.165) is 30.5 Å². The maximum absolute atomic E-state index is 13.6. The lowest BCUT2D eigenvalue weighted by atomic mass is 9.85. The molecule has 1 aliphatic heterocycles. The Hall–Kier alpha value is -1.87. The summed E-state index contributed by atoms with van der Waals surface area (Å²) in [5.74, 6) is 1.08. The lowest BCUT2D eigenvalue weighted by Crippen LogP contribution is -2.48. The SMILES string of the molecule is COc1cc(/C=C2\SC(Nc3ccccc3)N([C@@H]3CCCC[C@@H]3C)C2=O)cc(I)c1O. The molecule has 4 rings (SSSR count). The molecule has 0 aromatic heterocycles. The van der Waals surface area contributed by atoms with Crippen LogP contribution in [0.4, 0.5) is 5.69 Å². The molecule has 1 heterocycles. The van der Waals surface area contributed by atoms with Gasteiger partial charge in [0.2, 0.25) is 0 Å². The van der Waals surface area contributed by atoms with Crippen molar-refractivity contribution < 1.29 is 14.6 Å². The molecule has 1 unspecified atom stereocenters. The minimum absolute atomic E-state index is 0.0687. The number of nitrogens with zero attached hydrogens (tertiary/aromatic N) is 1. The highest BCUT2D eigenvalue weighted by molar-refractivity contribution is 14.1. The molecule has 1 amide bonds. The fourth-order valence-electron chi connectivity index (χ4n) is 4.35. The normalized spacial score (nSPS) is 25.1. The lowest BCUT2D eigenvalue weighted by Gasteiger charge is -2.39. The van der Waals surface area contributed by atoms with Crippen molar-refractivity contribution >= 4 is 52.0 Å². The van der Waals surface area contributed by atoms with Gasteiger partial charge in [0.25, 0.3) is 5.91 Å². The van der Waals surface area contributed by atoms with E-state index in [2.05, 4.69) is 39.7 Å². The summed E-state index contributed by atoms with van der Waals surface area (Å²) < 4.78 is 5.98. The van der Waals surface area contributed by atoms with Crippen LogP contribution in [0, 0.1) is 9.49 Å². The number of phenolic OH excluding ortho intramolecular Hbond substituents is 1. The van der Waals surface area contributed by atoms with Crippen LogP contribution in [0.1, 0.15) is 38.2 Å². The molecule has 2 fully saturated rings. The molecule has 1 saturated heterocycles. The van der Waals surface area contributed by atoms with Gasteiger partial charge in [-0.2, -0.15) is 0 Å². The van der Waals surface area contributed by atoms with Crippen molar-refractivity contribution in [3.05, 3.63) is 56.5 Å². The molecule has 0 bridgehead atoms. The Morgan fingerprint density at radius 3 is 2.68 bits per heavy atom. The number of methoxy groups -OCH3 is 1. The first-order valence-electron chi connectivity index (χ1n) is 10.6. The van der Waals surface area contributed by atoms with Crippen molar-refractivity contribution in [2.24, 2.45) is 5.92 Å². The number of ether oxygens (including phenoxy) is 1. The summed E-state index contributed by atoms with van der Waals surface area (Å²) in [6, 6.07) is 13.9. The lowest BCUT2D eigenvalue weighted by molar-refractivity contribution is -0.129. The van der Waals surface area contributed by atoms with Crippen molar-refractivity contribution in [1.29, 1.82) is 0 Å². The predicted molar refractivity (Wildman–Crippen MR) is 135 cm³/mol. The molecule has 2 aliphatic rings. The van der Waals surface area contributed by atoms with Gasteiger partial charge in [-0.15, -0.1) is 0 Å². The Balaban J connectivity index is 1.67. The van der Waals surface area contributed by atoms with E-state index >= 15 is 0 Å². The minimum atomic E-state index is -0.148. The number of benzene rings is 2. The minimum Gasteiger partial charge on any atom is -0.504 e.